The normalized spacial score (nSPS) is 9.50. The monoisotopic (exact) mass is 191 g/mol. The third-order valence-corrected chi connectivity index (χ3v) is 1.74. The molecule has 0 bridgehead atoms. The zero-order chi connectivity index (χ0) is 10.2. The predicted octanol–water partition coefficient (Wildman–Crippen LogP) is 2.42. The highest BCUT2D eigenvalue weighted by atomic mass is 16.2. The van der Waals surface area contributed by atoms with Crippen molar-refractivity contribution in [3.05, 3.63) is 37.3 Å². The van der Waals surface area contributed by atoms with Crippen LogP contribution in [0, 0.1) is 6.92 Å². The van der Waals surface area contributed by atoms with Gasteiger partial charge in [0.05, 0.1) is 0 Å². The first-order valence-corrected chi connectivity index (χ1v) is 4.72. The third kappa shape index (κ3) is 3.94. The first-order valence-electron chi connectivity index (χ1n) is 4.72. The van der Waals surface area contributed by atoms with Crippen LogP contribution in [0.15, 0.2) is 30.3 Å². The van der Waals surface area contributed by atoms with E-state index in [1.807, 2.05) is 30.3 Å². The van der Waals surface area contributed by atoms with Crippen LogP contribution in [0.3, 0.4) is 0 Å². The van der Waals surface area contributed by atoms with E-state index in [2.05, 4.69) is 17.6 Å². The summed E-state index contributed by atoms with van der Waals surface area (Å²) in [5.74, 6) is 0. The highest BCUT2D eigenvalue weighted by Gasteiger charge is 1.98. The number of benzene rings is 1. The molecule has 1 aromatic carbocycles. The Bertz CT molecular complexity index is 272. The summed E-state index contributed by atoms with van der Waals surface area (Å²) in [5, 5.41) is 5.47. The molecular weight excluding hydrogens is 176 g/mol. The van der Waals surface area contributed by atoms with E-state index in [0.29, 0.717) is 6.54 Å². The quantitative estimate of drug-likeness (QED) is 0.705. The molecule has 3 heteroatoms. The van der Waals surface area contributed by atoms with Crippen molar-refractivity contribution in [3.63, 3.8) is 0 Å². The molecule has 0 aliphatic carbocycles. The van der Waals surface area contributed by atoms with Gasteiger partial charge in [-0.3, -0.25) is 0 Å². The molecule has 0 spiro atoms. The smallest absolute Gasteiger partial charge is 0.319 e. The summed E-state index contributed by atoms with van der Waals surface area (Å²) in [7, 11) is 0. The van der Waals surface area contributed by atoms with E-state index in [4.69, 9.17) is 0 Å². The molecule has 1 rings (SSSR count). The molecule has 0 heterocycles. The van der Waals surface area contributed by atoms with E-state index >= 15 is 0 Å². The minimum atomic E-state index is -0.162. The van der Waals surface area contributed by atoms with Crippen LogP contribution in [0.4, 0.5) is 10.5 Å². The van der Waals surface area contributed by atoms with E-state index < -0.39 is 0 Å². The van der Waals surface area contributed by atoms with E-state index in [1.165, 1.54) is 0 Å². The molecule has 0 atom stereocenters. The summed E-state index contributed by atoms with van der Waals surface area (Å²) in [4.78, 5) is 11.2. The van der Waals surface area contributed by atoms with Gasteiger partial charge in [0.1, 0.15) is 0 Å². The molecule has 0 saturated heterocycles. The Hall–Kier alpha value is -1.51. The Balaban J connectivity index is 2.27. The van der Waals surface area contributed by atoms with Gasteiger partial charge in [-0.15, -0.1) is 0 Å². The van der Waals surface area contributed by atoms with Gasteiger partial charge in [-0.2, -0.15) is 0 Å². The number of nitrogens with one attached hydrogen (secondary N) is 2. The molecule has 1 aromatic rings. The van der Waals surface area contributed by atoms with Gasteiger partial charge in [0.25, 0.3) is 0 Å². The molecular formula is C11H15N2O. The number of anilines is 1. The second-order valence-electron chi connectivity index (χ2n) is 2.95. The highest BCUT2D eigenvalue weighted by Crippen LogP contribution is 2.03. The van der Waals surface area contributed by atoms with Gasteiger partial charge in [-0.25, -0.2) is 4.79 Å². The van der Waals surface area contributed by atoms with E-state index in [1.54, 1.807) is 0 Å². The average molecular weight is 191 g/mol. The van der Waals surface area contributed by atoms with E-state index in [9.17, 15) is 4.79 Å². The molecule has 0 unspecified atom stereocenters. The number of hydrogen-bond donors (Lipinski definition) is 2. The molecule has 0 aliphatic rings. The molecule has 0 aliphatic heterocycles. The number of amides is 2. The fourth-order valence-corrected chi connectivity index (χ4v) is 1.02. The maximum Gasteiger partial charge on any atom is 0.319 e. The van der Waals surface area contributed by atoms with Crippen LogP contribution in [0.2, 0.25) is 0 Å². The molecule has 2 N–H and O–H groups in total. The van der Waals surface area contributed by atoms with Crippen molar-refractivity contribution in [2.75, 3.05) is 11.9 Å². The van der Waals surface area contributed by atoms with Crippen LogP contribution in [0.5, 0.6) is 0 Å². The minimum Gasteiger partial charge on any atom is -0.338 e. The zero-order valence-corrected chi connectivity index (χ0v) is 8.12. The SMILES string of the molecule is [CH2]CCCNC(=O)Nc1ccccc1. The Morgan fingerprint density at radius 2 is 2.00 bits per heavy atom. The zero-order valence-electron chi connectivity index (χ0n) is 8.12. The van der Waals surface area contributed by atoms with Gasteiger partial charge in [0.2, 0.25) is 0 Å². The second kappa shape index (κ2) is 6.02. The molecule has 3 nitrogen and oxygen atoms in total. The Kier molecular flexibility index (Phi) is 4.55. The molecule has 0 saturated carbocycles. The lowest BCUT2D eigenvalue weighted by Gasteiger charge is -2.06. The van der Waals surface area contributed by atoms with Crippen molar-refractivity contribution in [1.82, 2.24) is 5.32 Å². The average Bonchev–Trinajstić information content (AvgIpc) is 2.20. The summed E-state index contributed by atoms with van der Waals surface area (Å²) in [6, 6.07) is 9.20. The second-order valence-corrected chi connectivity index (χ2v) is 2.95. The number of unbranched alkanes of at least 4 members (excludes halogenated alkanes) is 1. The Labute approximate surface area is 84.5 Å². The molecule has 0 aromatic heterocycles. The molecule has 14 heavy (non-hydrogen) atoms. The van der Waals surface area contributed by atoms with Crippen molar-refractivity contribution >= 4 is 11.7 Å². The maximum absolute atomic E-state index is 11.2. The fraction of sp³-hybridized carbons (Fsp3) is 0.273. The summed E-state index contributed by atoms with van der Waals surface area (Å²) >= 11 is 0. The van der Waals surface area contributed by atoms with Crippen LogP contribution in [-0.4, -0.2) is 12.6 Å². The van der Waals surface area contributed by atoms with Crippen molar-refractivity contribution in [2.24, 2.45) is 0 Å². The van der Waals surface area contributed by atoms with E-state index in [0.717, 1.165) is 18.5 Å². The predicted molar refractivity (Wildman–Crippen MR) is 58.1 cm³/mol. The number of carbonyl (C=O) groups is 1. The summed E-state index contributed by atoms with van der Waals surface area (Å²) in [6.45, 7) is 4.36. The topological polar surface area (TPSA) is 41.1 Å². The van der Waals surface area contributed by atoms with Crippen LogP contribution >= 0.6 is 0 Å². The van der Waals surface area contributed by atoms with E-state index in [-0.39, 0.29) is 6.03 Å². The van der Waals surface area contributed by atoms with Gasteiger partial charge in [0, 0.05) is 12.2 Å². The highest BCUT2D eigenvalue weighted by molar-refractivity contribution is 5.89. The van der Waals surface area contributed by atoms with Crippen molar-refractivity contribution < 1.29 is 4.79 Å². The number of urea groups is 1. The summed E-state index contributed by atoms with van der Waals surface area (Å²) < 4.78 is 0. The molecule has 75 valence electrons. The lowest BCUT2D eigenvalue weighted by atomic mass is 10.3. The first kappa shape index (κ1) is 10.6. The first-order chi connectivity index (χ1) is 6.83. The summed E-state index contributed by atoms with van der Waals surface area (Å²) in [6.07, 6.45) is 1.74. The number of rotatable bonds is 4. The Morgan fingerprint density at radius 3 is 2.64 bits per heavy atom. The van der Waals surface area contributed by atoms with Crippen molar-refractivity contribution in [1.29, 1.82) is 0 Å². The minimum absolute atomic E-state index is 0.162. The molecule has 1 radical (unpaired) electrons. The standard InChI is InChI=1S/C11H15N2O/c1-2-3-9-12-11(14)13-10-7-5-4-6-8-10/h4-8H,1-3,9H2,(H2,12,13,14). The van der Waals surface area contributed by atoms with Gasteiger partial charge in [-0.05, 0) is 18.6 Å². The lowest BCUT2D eigenvalue weighted by Crippen LogP contribution is -2.29. The maximum atomic E-state index is 11.2. The van der Waals surface area contributed by atoms with Crippen LogP contribution in [-0.2, 0) is 0 Å². The number of hydrogen-bond acceptors (Lipinski definition) is 1. The van der Waals surface area contributed by atoms with Crippen molar-refractivity contribution in [3.8, 4) is 0 Å². The summed E-state index contributed by atoms with van der Waals surface area (Å²) in [5.41, 5.74) is 0.805. The molecule has 0 fully saturated rings. The molecule has 2 amide bonds. The fourth-order valence-electron chi connectivity index (χ4n) is 1.02. The third-order valence-electron chi connectivity index (χ3n) is 1.74. The van der Waals surface area contributed by atoms with Crippen LogP contribution < -0.4 is 10.6 Å². The Morgan fingerprint density at radius 1 is 1.29 bits per heavy atom. The van der Waals surface area contributed by atoms with Gasteiger partial charge in [-0.1, -0.05) is 31.5 Å². The lowest BCUT2D eigenvalue weighted by molar-refractivity contribution is 0.252. The van der Waals surface area contributed by atoms with Gasteiger partial charge < -0.3 is 10.6 Å². The van der Waals surface area contributed by atoms with Gasteiger partial charge in [0.15, 0.2) is 0 Å². The number of carbonyl (C=O) groups excluding carboxylic acids is 1. The largest absolute Gasteiger partial charge is 0.338 e. The van der Waals surface area contributed by atoms with Crippen LogP contribution in [0.1, 0.15) is 12.8 Å². The van der Waals surface area contributed by atoms with Crippen LogP contribution in [0.25, 0.3) is 0 Å². The number of para-hydroxylation sites is 1. The van der Waals surface area contributed by atoms with Crippen molar-refractivity contribution in [2.45, 2.75) is 12.8 Å². The van der Waals surface area contributed by atoms with Gasteiger partial charge >= 0.3 is 6.03 Å².